The van der Waals surface area contributed by atoms with Crippen molar-refractivity contribution < 1.29 is 27.9 Å². The predicted molar refractivity (Wildman–Crippen MR) is 97.0 cm³/mol. The molecule has 0 saturated carbocycles. The number of carboxylic acid groups (broad SMARTS) is 1. The number of carboxylic acids is 1. The van der Waals surface area contributed by atoms with E-state index in [4.69, 9.17) is 0 Å². The molecule has 0 aliphatic heterocycles. The highest BCUT2D eigenvalue weighted by Crippen LogP contribution is 2.34. The van der Waals surface area contributed by atoms with Crippen LogP contribution >= 0.6 is 0 Å². The first-order valence-electron chi connectivity index (χ1n) is 8.27. The van der Waals surface area contributed by atoms with Crippen LogP contribution in [0, 0.1) is 0 Å². The molecule has 9 heteroatoms. The van der Waals surface area contributed by atoms with Crippen molar-refractivity contribution in [3.63, 3.8) is 0 Å². The molecule has 4 N–H and O–H groups in total. The third-order valence-corrected chi connectivity index (χ3v) is 4.18. The number of nitrogens with one attached hydrogen (secondary N) is 3. The van der Waals surface area contributed by atoms with Gasteiger partial charge in [-0.1, -0.05) is 30.3 Å². The number of fused-ring (bicyclic) bond motifs is 1. The predicted octanol–water partition coefficient (Wildman–Crippen LogP) is 4.00. The normalized spacial score (nSPS) is 12.5. The Hall–Kier alpha value is -3.49. The van der Waals surface area contributed by atoms with Gasteiger partial charge in [0.2, 0.25) is 0 Å². The Labute approximate surface area is 157 Å². The molecule has 2 amide bonds. The molecule has 146 valence electrons. The highest BCUT2D eigenvalue weighted by Gasteiger charge is 2.33. The number of rotatable bonds is 5. The van der Waals surface area contributed by atoms with Crippen LogP contribution in [0.3, 0.4) is 0 Å². The molecule has 0 spiro atoms. The Morgan fingerprint density at radius 1 is 1.07 bits per heavy atom. The Morgan fingerprint density at radius 2 is 1.75 bits per heavy atom. The lowest BCUT2D eigenvalue weighted by Crippen LogP contribution is -2.44. The van der Waals surface area contributed by atoms with Crippen molar-refractivity contribution in [1.82, 2.24) is 10.3 Å². The maximum absolute atomic E-state index is 13.0. The first-order valence-corrected chi connectivity index (χ1v) is 8.27. The number of H-pyrrole nitrogens is 1. The van der Waals surface area contributed by atoms with E-state index in [1.807, 2.05) is 12.1 Å². The van der Waals surface area contributed by atoms with Crippen LogP contribution in [0.5, 0.6) is 0 Å². The second-order valence-corrected chi connectivity index (χ2v) is 6.10. The smallest absolute Gasteiger partial charge is 0.418 e. The van der Waals surface area contributed by atoms with Gasteiger partial charge in [0.25, 0.3) is 0 Å². The number of alkyl halides is 3. The van der Waals surface area contributed by atoms with Gasteiger partial charge in [-0.2, -0.15) is 13.2 Å². The number of benzene rings is 2. The molecule has 2 aromatic carbocycles. The van der Waals surface area contributed by atoms with Gasteiger partial charge in [-0.15, -0.1) is 0 Å². The van der Waals surface area contributed by atoms with E-state index in [9.17, 15) is 27.9 Å². The average molecular weight is 391 g/mol. The summed E-state index contributed by atoms with van der Waals surface area (Å²) in [4.78, 5) is 26.7. The highest BCUT2D eigenvalue weighted by atomic mass is 19.4. The van der Waals surface area contributed by atoms with Crippen molar-refractivity contribution in [2.24, 2.45) is 0 Å². The lowest BCUT2D eigenvalue weighted by atomic mass is 10.1. The number of halogens is 3. The van der Waals surface area contributed by atoms with Crippen molar-refractivity contribution in [1.29, 1.82) is 0 Å². The minimum Gasteiger partial charge on any atom is -0.480 e. The van der Waals surface area contributed by atoms with Crippen LogP contribution in [0.2, 0.25) is 0 Å². The van der Waals surface area contributed by atoms with E-state index in [2.05, 4.69) is 15.6 Å². The third-order valence-electron chi connectivity index (χ3n) is 4.18. The minimum atomic E-state index is -4.65. The fourth-order valence-electron chi connectivity index (χ4n) is 2.88. The van der Waals surface area contributed by atoms with Crippen LogP contribution in [0.25, 0.3) is 10.9 Å². The molecule has 1 heterocycles. The van der Waals surface area contributed by atoms with Gasteiger partial charge in [-0.25, -0.2) is 9.59 Å². The van der Waals surface area contributed by atoms with E-state index in [0.29, 0.717) is 5.56 Å². The summed E-state index contributed by atoms with van der Waals surface area (Å²) in [6.07, 6.45) is -3.05. The monoisotopic (exact) mass is 391 g/mol. The summed E-state index contributed by atoms with van der Waals surface area (Å²) in [5.74, 6) is -1.30. The number of carbonyl (C=O) groups is 2. The largest absolute Gasteiger partial charge is 0.480 e. The van der Waals surface area contributed by atoms with Gasteiger partial charge in [0.1, 0.15) is 6.04 Å². The Bertz CT molecular complexity index is 1010. The molecule has 0 aliphatic rings. The number of aromatic amines is 1. The molecule has 1 aromatic heterocycles. The molecular formula is C19H16F3N3O3. The van der Waals surface area contributed by atoms with Gasteiger partial charge in [0.05, 0.1) is 11.3 Å². The Kier molecular flexibility index (Phi) is 5.25. The minimum absolute atomic E-state index is 0.0340. The quantitative estimate of drug-likeness (QED) is 0.529. The Morgan fingerprint density at radius 3 is 2.46 bits per heavy atom. The molecule has 1 atom stereocenters. The third kappa shape index (κ3) is 4.25. The van der Waals surface area contributed by atoms with Gasteiger partial charge >= 0.3 is 18.2 Å². The number of aliphatic carboxylic acids is 1. The molecule has 6 nitrogen and oxygen atoms in total. The van der Waals surface area contributed by atoms with Crippen LogP contribution in [-0.4, -0.2) is 28.1 Å². The van der Waals surface area contributed by atoms with E-state index < -0.39 is 35.5 Å². The number of aromatic nitrogens is 1. The summed E-state index contributed by atoms with van der Waals surface area (Å²) in [5.41, 5.74) is 0.00146. The summed E-state index contributed by atoms with van der Waals surface area (Å²) >= 11 is 0. The zero-order valence-electron chi connectivity index (χ0n) is 14.4. The molecule has 0 bridgehead atoms. The van der Waals surface area contributed by atoms with Crippen molar-refractivity contribution >= 4 is 28.6 Å². The second-order valence-electron chi connectivity index (χ2n) is 6.10. The summed E-state index contributed by atoms with van der Waals surface area (Å²) < 4.78 is 39.1. The number of urea groups is 1. The molecular weight excluding hydrogens is 375 g/mol. The van der Waals surface area contributed by atoms with Gasteiger partial charge in [0.15, 0.2) is 0 Å². The van der Waals surface area contributed by atoms with E-state index >= 15 is 0 Å². The lowest BCUT2D eigenvalue weighted by Gasteiger charge is -2.17. The maximum atomic E-state index is 13.0. The van der Waals surface area contributed by atoms with E-state index in [1.54, 1.807) is 18.3 Å². The molecule has 3 rings (SSSR count). The zero-order valence-corrected chi connectivity index (χ0v) is 14.4. The van der Waals surface area contributed by atoms with Crippen molar-refractivity contribution in [3.8, 4) is 0 Å². The van der Waals surface area contributed by atoms with Gasteiger partial charge in [-0.3, -0.25) is 0 Å². The van der Waals surface area contributed by atoms with Crippen molar-refractivity contribution in [2.75, 3.05) is 5.32 Å². The van der Waals surface area contributed by atoms with Gasteiger partial charge in [-0.05, 0) is 23.8 Å². The van der Waals surface area contributed by atoms with Crippen molar-refractivity contribution in [3.05, 3.63) is 65.9 Å². The molecule has 0 aliphatic carbocycles. The molecule has 0 saturated heterocycles. The van der Waals surface area contributed by atoms with Crippen molar-refractivity contribution in [2.45, 2.75) is 18.6 Å². The molecule has 0 fully saturated rings. The number of hydrogen-bond acceptors (Lipinski definition) is 2. The number of amides is 2. The lowest BCUT2D eigenvalue weighted by molar-refractivity contribution is -0.139. The van der Waals surface area contributed by atoms with E-state index in [-0.39, 0.29) is 6.42 Å². The summed E-state index contributed by atoms with van der Waals surface area (Å²) in [6.45, 7) is 0. The fraction of sp³-hybridized carbons (Fsp3) is 0.158. The Balaban J connectivity index is 1.75. The molecule has 28 heavy (non-hydrogen) atoms. The first kappa shape index (κ1) is 19.3. The second kappa shape index (κ2) is 7.63. The van der Waals surface area contributed by atoms with E-state index in [0.717, 1.165) is 23.0 Å². The summed E-state index contributed by atoms with van der Waals surface area (Å²) in [5, 5.41) is 14.5. The summed E-state index contributed by atoms with van der Waals surface area (Å²) in [7, 11) is 0. The zero-order chi connectivity index (χ0) is 20.3. The first-order chi connectivity index (χ1) is 13.3. The van der Waals surface area contributed by atoms with Gasteiger partial charge in [0, 0.05) is 23.5 Å². The van der Waals surface area contributed by atoms with E-state index in [1.165, 1.54) is 12.1 Å². The van der Waals surface area contributed by atoms with Crippen LogP contribution < -0.4 is 10.6 Å². The average Bonchev–Trinajstić information content (AvgIpc) is 3.04. The maximum Gasteiger partial charge on any atom is 0.418 e. The van der Waals surface area contributed by atoms with Crippen LogP contribution in [0.4, 0.5) is 23.7 Å². The number of hydrogen-bond donors (Lipinski definition) is 4. The standard InChI is InChI=1S/C19H16F3N3O3/c20-19(21,22)13-6-2-4-8-15(13)24-18(28)25-16(17(26)27)9-11-10-23-14-7-3-1-5-12(11)14/h1-8,10,16,23H,9H2,(H,26,27)(H2,24,25,28)/t16-/m1/s1. The topological polar surface area (TPSA) is 94.2 Å². The molecule has 0 unspecified atom stereocenters. The molecule has 3 aromatic rings. The number of carbonyl (C=O) groups excluding carboxylic acids is 1. The van der Waals surface area contributed by atoms with Gasteiger partial charge < -0.3 is 20.7 Å². The number of para-hydroxylation sites is 2. The van der Waals surface area contributed by atoms with Crippen LogP contribution in [0.1, 0.15) is 11.1 Å². The SMILES string of the molecule is O=C(Nc1ccccc1C(F)(F)F)N[C@H](Cc1c[nH]c2ccccc12)C(=O)O. The highest BCUT2D eigenvalue weighted by molar-refractivity contribution is 5.93. The molecule has 0 radical (unpaired) electrons. The van der Waals surface area contributed by atoms with Crippen LogP contribution in [-0.2, 0) is 17.4 Å². The number of anilines is 1. The van der Waals surface area contributed by atoms with Crippen LogP contribution in [0.15, 0.2) is 54.7 Å². The summed E-state index contributed by atoms with van der Waals surface area (Å²) in [6, 6.07) is 9.34. The fourth-order valence-corrected chi connectivity index (χ4v) is 2.88.